The largest absolute Gasteiger partial charge is 0.375 e. The third-order valence-electron chi connectivity index (χ3n) is 1.87. The van der Waals surface area contributed by atoms with Gasteiger partial charge in [-0.3, -0.25) is 4.55 Å². The Balaban J connectivity index is 2.50. The van der Waals surface area contributed by atoms with Crippen molar-refractivity contribution in [2.24, 2.45) is 0 Å². The van der Waals surface area contributed by atoms with Crippen LogP contribution >= 0.6 is 0 Å². The highest BCUT2D eigenvalue weighted by molar-refractivity contribution is 7.86. The van der Waals surface area contributed by atoms with Crippen LogP contribution in [0.3, 0.4) is 0 Å². The molecule has 78 valence electrons. The second-order valence-electron chi connectivity index (χ2n) is 2.99. The molecule has 0 aliphatic heterocycles. The fourth-order valence-corrected chi connectivity index (χ4v) is 1.50. The molecule has 1 aromatic rings. The Morgan fingerprint density at radius 3 is 2.29 bits per heavy atom. The average molecular weight is 216 g/mol. The highest BCUT2D eigenvalue weighted by atomic mass is 32.2. The first kappa shape index (κ1) is 11.2. The van der Waals surface area contributed by atoms with E-state index in [2.05, 4.69) is 0 Å². The summed E-state index contributed by atoms with van der Waals surface area (Å²) in [6.07, 6.45) is 0.421. The molecular weight excluding hydrogens is 204 g/mol. The van der Waals surface area contributed by atoms with Crippen LogP contribution in [-0.4, -0.2) is 23.5 Å². The van der Waals surface area contributed by atoms with E-state index in [1.165, 1.54) is 0 Å². The van der Waals surface area contributed by atoms with Crippen molar-refractivity contribution in [3.8, 4) is 0 Å². The topological polar surface area (TPSA) is 74.6 Å². The Morgan fingerprint density at radius 2 is 1.79 bits per heavy atom. The first-order valence-electron chi connectivity index (χ1n) is 4.18. The van der Waals surface area contributed by atoms with Gasteiger partial charge in [-0.2, -0.15) is 8.42 Å². The van der Waals surface area contributed by atoms with Crippen LogP contribution in [0.5, 0.6) is 0 Å². The minimum atomic E-state index is -4.32. The Kier molecular flexibility index (Phi) is 3.62. The van der Waals surface area contributed by atoms with Gasteiger partial charge in [0.1, 0.15) is 0 Å². The van der Waals surface area contributed by atoms with Gasteiger partial charge in [-0.05, 0) is 18.4 Å². The van der Waals surface area contributed by atoms with Gasteiger partial charge in [0.15, 0.2) is 5.44 Å². The Bertz CT molecular complexity index is 371. The first-order chi connectivity index (χ1) is 6.50. The average Bonchev–Trinajstić information content (AvgIpc) is 2.14. The molecule has 4 nitrogen and oxygen atoms in total. The monoisotopic (exact) mass is 216 g/mol. The van der Waals surface area contributed by atoms with Crippen molar-refractivity contribution in [1.82, 2.24) is 0 Å². The molecular formula is C9H12O4S. The zero-order valence-electron chi connectivity index (χ0n) is 7.50. The van der Waals surface area contributed by atoms with Crippen molar-refractivity contribution in [2.45, 2.75) is 18.3 Å². The maximum atomic E-state index is 10.5. The van der Waals surface area contributed by atoms with Crippen molar-refractivity contribution in [3.05, 3.63) is 35.9 Å². The van der Waals surface area contributed by atoms with E-state index in [-0.39, 0.29) is 6.42 Å². The quantitative estimate of drug-likeness (QED) is 0.731. The van der Waals surface area contributed by atoms with Crippen LogP contribution in [0.25, 0.3) is 0 Å². The van der Waals surface area contributed by atoms with Crippen molar-refractivity contribution in [3.63, 3.8) is 0 Å². The lowest BCUT2D eigenvalue weighted by Crippen LogP contribution is -2.20. The number of benzene rings is 1. The van der Waals surface area contributed by atoms with Crippen molar-refractivity contribution >= 4 is 10.1 Å². The van der Waals surface area contributed by atoms with E-state index in [0.29, 0.717) is 6.42 Å². The Labute approximate surface area is 82.9 Å². The predicted octanol–water partition coefficient (Wildman–Crippen LogP) is 0.825. The lowest BCUT2D eigenvalue weighted by atomic mass is 10.1. The van der Waals surface area contributed by atoms with Crippen LogP contribution in [0.15, 0.2) is 30.3 Å². The standard InChI is InChI=1S/C9H12O4S/c10-9(14(11,12)13)7-6-8-4-2-1-3-5-8/h1-5,9-10H,6-7H2,(H,11,12,13)/t9-/m0/s1. The molecule has 0 spiro atoms. The molecule has 0 aliphatic rings. The van der Waals surface area contributed by atoms with Crippen LogP contribution in [0.4, 0.5) is 0 Å². The summed E-state index contributed by atoms with van der Waals surface area (Å²) in [5.74, 6) is 0. The minimum Gasteiger partial charge on any atom is -0.375 e. The highest BCUT2D eigenvalue weighted by Gasteiger charge is 2.18. The predicted molar refractivity (Wildman–Crippen MR) is 52.3 cm³/mol. The van der Waals surface area contributed by atoms with Crippen molar-refractivity contribution < 1.29 is 18.1 Å². The molecule has 0 amide bonds. The van der Waals surface area contributed by atoms with E-state index in [1.54, 1.807) is 0 Å². The smallest absolute Gasteiger partial charge is 0.292 e. The van der Waals surface area contributed by atoms with E-state index in [1.807, 2.05) is 30.3 Å². The summed E-state index contributed by atoms with van der Waals surface area (Å²) >= 11 is 0. The third kappa shape index (κ3) is 3.45. The van der Waals surface area contributed by atoms with Gasteiger partial charge in [-0.15, -0.1) is 0 Å². The molecule has 0 saturated carbocycles. The Hall–Kier alpha value is -0.910. The van der Waals surface area contributed by atoms with E-state index in [4.69, 9.17) is 9.66 Å². The van der Waals surface area contributed by atoms with Crippen LogP contribution in [-0.2, 0) is 16.5 Å². The zero-order chi connectivity index (χ0) is 10.6. The lowest BCUT2D eigenvalue weighted by molar-refractivity contribution is 0.224. The number of aliphatic hydroxyl groups excluding tert-OH is 1. The molecule has 2 N–H and O–H groups in total. The molecule has 0 unspecified atom stereocenters. The third-order valence-corrected chi connectivity index (χ3v) is 2.79. The van der Waals surface area contributed by atoms with Gasteiger partial charge in [0, 0.05) is 0 Å². The van der Waals surface area contributed by atoms with Crippen LogP contribution in [0.2, 0.25) is 0 Å². The van der Waals surface area contributed by atoms with Crippen LogP contribution in [0.1, 0.15) is 12.0 Å². The molecule has 14 heavy (non-hydrogen) atoms. The summed E-state index contributed by atoms with van der Waals surface area (Å²) in [4.78, 5) is 0. The molecule has 0 bridgehead atoms. The molecule has 0 saturated heterocycles. The van der Waals surface area contributed by atoms with Gasteiger partial charge in [-0.1, -0.05) is 30.3 Å². The molecule has 1 rings (SSSR count). The lowest BCUT2D eigenvalue weighted by Gasteiger charge is -2.06. The van der Waals surface area contributed by atoms with E-state index < -0.39 is 15.6 Å². The molecule has 0 aromatic heterocycles. The molecule has 1 aromatic carbocycles. The van der Waals surface area contributed by atoms with Crippen molar-refractivity contribution in [2.75, 3.05) is 0 Å². The number of hydrogen-bond acceptors (Lipinski definition) is 3. The van der Waals surface area contributed by atoms with Gasteiger partial charge in [-0.25, -0.2) is 0 Å². The van der Waals surface area contributed by atoms with Gasteiger partial charge in [0.25, 0.3) is 10.1 Å². The fraction of sp³-hybridized carbons (Fsp3) is 0.333. The summed E-state index contributed by atoms with van der Waals surface area (Å²) in [7, 11) is -4.32. The van der Waals surface area contributed by atoms with E-state index >= 15 is 0 Å². The van der Waals surface area contributed by atoms with Crippen LogP contribution in [0, 0.1) is 0 Å². The van der Waals surface area contributed by atoms with Gasteiger partial charge in [0.2, 0.25) is 0 Å². The molecule has 0 aliphatic carbocycles. The molecule has 0 fully saturated rings. The summed E-state index contributed by atoms with van der Waals surface area (Å²) < 4.78 is 29.4. The van der Waals surface area contributed by atoms with E-state index in [0.717, 1.165) is 5.56 Å². The summed E-state index contributed by atoms with van der Waals surface area (Å²) in [6.45, 7) is 0. The second kappa shape index (κ2) is 4.54. The minimum absolute atomic E-state index is 0.00282. The summed E-state index contributed by atoms with van der Waals surface area (Å²) in [5, 5.41) is 9.01. The highest BCUT2D eigenvalue weighted by Crippen LogP contribution is 2.07. The summed E-state index contributed by atoms with van der Waals surface area (Å²) in [5.41, 5.74) is -0.766. The maximum absolute atomic E-state index is 10.5. The second-order valence-corrected chi connectivity index (χ2v) is 4.57. The van der Waals surface area contributed by atoms with Crippen LogP contribution < -0.4 is 0 Å². The zero-order valence-corrected chi connectivity index (χ0v) is 8.31. The van der Waals surface area contributed by atoms with Gasteiger partial charge >= 0.3 is 0 Å². The number of aliphatic hydroxyl groups is 1. The maximum Gasteiger partial charge on any atom is 0.292 e. The molecule has 0 heterocycles. The van der Waals surface area contributed by atoms with Gasteiger partial charge in [0.05, 0.1) is 0 Å². The SMILES string of the molecule is O=S(=O)(O)[C@H](O)CCc1ccccc1. The molecule has 0 radical (unpaired) electrons. The summed E-state index contributed by atoms with van der Waals surface area (Å²) in [6, 6.07) is 9.17. The van der Waals surface area contributed by atoms with E-state index in [9.17, 15) is 8.42 Å². The Morgan fingerprint density at radius 1 is 1.21 bits per heavy atom. The fourth-order valence-electron chi connectivity index (χ4n) is 1.08. The number of hydrogen-bond donors (Lipinski definition) is 2. The van der Waals surface area contributed by atoms with Crippen molar-refractivity contribution in [1.29, 1.82) is 0 Å². The number of rotatable bonds is 4. The number of aryl methyl sites for hydroxylation is 1. The van der Waals surface area contributed by atoms with Gasteiger partial charge < -0.3 is 5.11 Å². The molecule has 5 heteroatoms. The first-order valence-corrected chi connectivity index (χ1v) is 5.69. The normalized spacial score (nSPS) is 13.9. The molecule has 1 atom stereocenters.